The van der Waals surface area contributed by atoms with E-state index < -0.39 is 33.6 Å². The van der Waals surface area contributed by atoms with Crippen LogP contribution >= 0.6 is 0 Å². The lowest BCUT2D eigenvalue weighted by atomic mass is 9.77. The number of sulfonamides is 1. The van der Waals surface area contributed by atoms with E-state index in [9.17, 15) is 26.4 Å². The normalized spacial score (nSPS) is 15.2. The van der Waals surface area contributed by atoms with E-state index in [1.165, 1.54) is 24.3 Å². The molecule has 0 bridgehead atoms. The molecular weight excluding hydrogens is 655 g/mol. The molecule has 1 aliphatic rings. The molecule has 0 amide bonds. The number of carbonyl (C=O) groups excluding carboxylic acids is 1. The fraction of sp³-hybridized carbons (Fsp3) is 0.139. The first kappa shape index (κ1) is 30.8. The Balaban J connectivity index is 1.25. The van der Waals surface area contributed by atoms with E-state index in [1.807, 2.05) is 42.5 Å². The number of nitrogens with zero attached hydrogens (tertiary/aromatic N) is 3. The molecule has 0 radical (unpaired) electrons. The molecule has 0 saturated heterocycles. The van der Waals surface area contributed by atoms with Gasteiger partial charge in [-0.15, -0.1) is 0 Å². The van der Waals surface area contributed by atoms with Crippen molar-refractivity contribution in [2.45, 2.75) is 36.3 Å². The molecule has 8 rings (SSSR count). The minimum Gasteiger partial charge on any atom is -0.380 e. The van der Waals surface area contributed by atoms with Crippen LogP contribution in [0.2, 0.25) is 0 Å². The fourth-order valence-corrected chi connectivity index (χ4v) is 7.84. The van der Waals surface area contributed by atoms with E-state index >= 15 is 0 Å². The number of nitrogen functional groups attached to an aromatic ring is 1. The molecule has 0 aliphatic heterocycles. The van der Waals surface area contributed by atoms with Crippen molar-refractivity contribution in [2.24, 2.45) is 5.14 Å². The quantitative estimate of drug-likeness (QED) is 0.141. The standard InChI is InChI=1S/C36H26F3N5O4S/c37-36(38,39)33-18-30(44(42-33)19-11-16-31-29(17-19)35(40)43-48-31)34(45)28-9-4-7-21-25-13-12-23-20(24(25)14-15-26(21)28)6-3-8-22(23)27-5-1-2-10-32(27)49(41,46)47/h1-3,5-6,8,10-18,28H,4,7,9H2,(H2,40,43)(H2,41,46,47). The summed E-state index contributed by atoms with van der Waals surface area (Å²) in [6.07, 6.45) is -3.02. The smallest absolute Gasteiger partial charge is 0.380 e. The molecule has 2 aromatic heterocycles. The predicted octanol–water partition coefficient (Wildman–Crippen LogP) is 7.54. The molecule has 49 heavy (non-hydrogen) atoms. The number of fused-ring (bicyclic) bond motifs is 6. The maximum atomic E-state index is 14.3. The number of nitrogens with two attached hydrogens (primary N) is 2. The number of benzene rings is 5. The minimum absolute atomic E-state index is 0.0205. The molecule has 1 unspecified atom stereocenters. The molecule has 13 heteroatoms. The van der Waals surface area contributed by atoms with Crippen LogP contribution in [0.25, 0.3) is 49.3 Å². The summed E-state index contributed by atoms with van der Waals surface area (Å²) in [5.41, 5.74) is 7.95. The van der Waals surface area contributed by atoms with Gasteiger partial charge in [0.1, 0.15) is 5.69 Å². The molecule has 0 fully saturated rings. The Morgan fingerprint density at radius 1 is 0.857 bits per heavy atom. The van der Waals surface area contributed by atoms with Crippen LogP contribution < -0.4 is 10.9 Å². The highest BCUT2D eigenvalue weighted by Crippen LogP contribution is 2.42. The third kappa shape index (κ3) is 5.04. The van der Waals surface area contributed by atoms with E-state index in [1.54, 1.807) is 18.2 Å². The molecule has 7 aromatic rings. The van der Waals surface area contributed by atoms with Crippen LogP contribution in [0.5, 0.6) is 0 Å². The van der Waals surface area contributed by atoms with Gasteiger partial charge in [-0.2, -0.15) is 18.3 Å². The molecule has 9 nitrogen and oxygen atoms in total. The highest BCUT2D eigenvalue weighted by molar-refractivity contribution is 7.89. The summed E-state index contributed by atoms with van der Waals surface area (Å²) in [6, 6.07) is 25.2. The second-order valence-electron chi connectivity index (χ2n) is 12.1. The molecule has 1 atom stereocenters. The number of halogens is 3. The summed E-state index contributed by atoms with van der Waals surface area (Å²) < 4.78 is 72.9. The number of carbonyl (C=O) groups is 1. The molecule has 246 valence electrons. The van der Waals surface area contributed by atoms with Crippen LogP contribution in [-0.4, -0.2) is 29.1 Å². The van der Waals surface area contributed by atoms with E-state index in [0.717, 1.165) is 43.4 Å². The van der Waals surface area contributed by atoms with Crippen molar-refractivity contribution in [3.8, 4) is 16.8 Å². The van der Waals surface area contributed by atoms with Gasteiger partial charge in [0.15, 0.2) is 22.9 Å². The van der Waals surface area contributed by atoms with Crippen molar-refractivity contribution in [3.05, 3.63) is 114 Å². The van der Waals surface area contributed by atoms with Gasteiger partial charge in [-0.05, 0) is 81.8 Å². The first-order valence-corrected chi connectivity index (χ1v) is 16.9. The van der Waals surface area contributed by atoms with Crippen molar-refractivity contribution in [1.29, 1.82) is 0 Å². The Morgan fingerprint density at radius 3 is 2.39 bits per heavy atom. The Morgan fingerprint density at radius 2 is 1.59 bits per heavy atom. The van der Waals surface area contributed by atoms with Gasteiger partial charge < -0.3 is 10.3 Å². The average Bonchev–Trinajstić information content (AvgIpc) is 3.71. The van der Waals surface area contributed by atoms with E-state index in [0.29, 0.717) is 41.4 Å². The minimum atomic E-state index is -4.78. The summed E-state index contributed by atoms with van der Waals surface area (Å²) in [4.78, 5) is 14.3. The number of aromatic nitrogens is 3. The van der Waals surface area contributed by atoms with E-state index in [2.05, 4.69) is 10.3 Å². The molecule has 5 aromatic carbocycles. The zero-order valence-electron chi connectivity index (χ0n) is 25.5. The number of hydrogen-bond acceptors (Lipinski definition) is 7. The van der Waals surface area contributed by atoms with Gasteiger partial charge in [-0.3, -0.25) is 4.79 Å². The average molecular weight is 682 g/mol. The Kier molecular flexibility index (Phi) is 6.91. The van der Waals surface area contributed by atoms with Crippen LogP contribution in [0.15, 0.2) is 100 Å². The number of alkyl halides is 3. The maximum absolute atomic E-state index is 14.3. The molecule has 4 N–H and O–H groups in total. The predicted molar refractivity (Wildman–Crippen MR) is 179 cm³/mol. The SMILES string of the molecule is Nc1noc2ccc(-n3nc(C(F)(F)F)cc3C(=O)C3CCCc4c3ccc3c4ccc4c(-c5ccccc5S(N)(=O)=O)cccc43)cc12. The van der Waals surface area contributed by atoms with Gasteiger partial charge in [-0.1, -0.05) is 65.8 Å². The van der Waals surface area contributed by atoms with Gasteiger partial charge >= 0.3 is 6.18 Å². The summed E-state index contributed by atoms with van der Waals surface area (Å²) in [5, 5.41) is 17.0. The topological polar surface area (TPSA) is 147 Å². The van der Waals surface area contributed by atoms with Gasteiger partial charge in [0.2, 0.25) is 10.0 Å². The van der Waals surface area contributed by atoms with Crippen molar-refractivity contribution in [3.63, 3.8) is 0 Å². The zero-order chi connectivity index (χ0) is 34.2. The molecule has 0 spiro atoms. The number of rotatable bonds is 5. The van der Waals surface area contributed by atoms with Crippen molar-refractivity contribution < 1.29 is 30.9 Å². The van der Waals surface area contributed by atoms with Crippen LogP contribution in [0.3, 0.4) is 0 Å². The van der Waals surface area contributed by atoms with Crippen LogP contribution in [0.4, 0.5) is 19.0 Å². The lowest BCUT2D eigenvalue weighted by Gasteiger charge is -2.26. The third-order valence-electron chi connectivity index (χ3n) is 9.28. The van der Waals surface area contributed by atoms with Gasteiger partial charge in [0, 0.05) is 17.5 Å². The van der Waals surface area contributed by atoms with Crippen LogP contribution in [0.1, 0.15) is 46.1 Å². The number of primary sulfonamides is 1. The number of hydrogen-bond donors (Lipinski definition) is 2. The Hall–Kier alpha value is -5.53. The van der Waals surface area contributed by atoms with Crippen LogP contribution in [-0.2, 0) is 22.6 Å². The largest absolute Gasteiger partial charge is 0.435 e. The summed E-state index contributed by atoms with van der Waals surface area (Å²) in [6.45, 7) is 0. The third-order valence-corrected chi connectivity index (χ3v) is 10.2. The van der Waals surface area contributed by atoms with E-state index in [4.69, 9.17) is 15.4 Å². The molecule has 0 saturated carbocycles. The molecule has 1 aliphatic carbocycles. The lowest BCUT2D eigenvalue weighted by Crippen LogP contribution is -2.21. The molecular formula is C36H26F3N5O4S. The number of anilines is 1. The summed E-state index contributed by atoms with van der Waals surface area (Å²) >= 11 is 0. The second kappa shape index (κ2) is 11.0. The number of Topliss-reactive ketones (excluding diaryl/α,β-unsaturated/α-hetero) is 1. The Bertz CT molecular complexity index is 2610. The second-order valence-corrected chi connectivity index (χ2v) is 13.6. The summed E-state index contributed by atoms with van der Waals surface area (Å²) in [5.74, 6) is -1.13. The van der Waals surface area contributed by atoms with Crippen molar-refractivity contribution >= 4 is 54.1 Å². The first-order chi connectivity index (χ1) is 23.4. The number of aryl methyl sites for hydroxylation is 1. The van der Waals surface area contributed by atoms with E-state index in [-0.39, 0.29) is 22.1 Å². The van der Waals surface area contributed by atoms with Crippen LogP contribution in [0, 0.1) is 0 Å². The van der Waals surface area contributed by atoms with Gasteiger partial charge in [0.05, 0.1) is 16.0 Å². The van der Waals surface area contributed by atoms with Crippen molar-refractivity contribution in [1.82, 2.24) is 14.9 Å². The van der Waals surface area contributed by atoms with Gasteiger partial charge in [-0.25, -0.2) is 18.2 Å². The Labute approximate surface area is 277 Å². The highest BCUT2D eigenvalue weighted by Gasteiger charge is 2.38. The zero-order valence-corrected chi connectivity index (χ0v) is 26.3. The van der Waals surface area contributed by atoms with Gasteiger partial charge in [0.25, 0.3) is 0 Å². The maximum Gasteiger partial charge on any atom is 0.435 e. The highest BCUT2D eigenvalue weighted by atomic mass is 32.2. The monoisotopic (exact) mass is 681 g/mol. The summed E-state index contributed by atoms with van der Waals surface area (Å²) in [7, 11) is -3.99. The molecule has 2 heterocycles. The van der Waals surface area contributed by atoms with Crippen molar-refractivity contribution in [2.75, 3.05) is 5.73 Å². The fourth-order valence-electron chi connectivity index (χ4n) is 7.09. The lowest BCUT2D eigenvalue weighted by molar-refractivity contribution is -0.141. The first-order valence-electron chi connectivity index (χ1n) is 15.4. The number of ketones is 1.